The van der Waals surface area contributed by atoms with Gasteiger partial charge in [-0.3, -0.25) is 9.59 Å². The number of Topliss-reactive ketones (excluding diaryl/α,β-unsaturated/α-hetero) is 1. The van der Waals surface area contributed by atoms with Crippen LogP contribution < -0.4 is 5.32 Å². The molecule has 0 fully saturated rings. The third kappa shape index (κ3) is 2.93. The van der Waals surface area contributed by atoms with Crippen molar-refractivity contribution in [3.63, 3.8) is 0 Å². The minimum Gasteiger partial charge on any atom is -0.355 e. The van der Waals surface area contributed by atoms with Gasteiger partial charge in [-0.25, -0.2) is 4.98 Å². The van der Waals surface area contributed by atoms with Gasteiger partial charge in [-0.1, -0.05) is 42.5 Å². The van der Waals surface area contributed by atoms with Gasteiger partial charge in [0.15, 0.2) is 11.7 Å². The Balaban J connectivity index is 1.53. The Morgan fingerprint density at radius 3 is 2.72 bits per heavy atom. The fourth-order valence-corrected chi connectivity index (χ4v) is 3.40. The van der Waals surface area contributed by atoms with E-state index in [9.17, 15) is 9.59 Å². The molecule has 1 amide bonds. The average Bonchev–Trinajstić information content (AvgIpc) is 3.00. The van der Waals surface area contributed by atoms with E-state index >= 15 is 0 Å². The number of carbonyl (C=O) groups is 2. The van der Waals surface area contributed by atoms with Gasteiger partial charge in [0.05, 0.1) is 11.0 Å². The van der Waals surface area contributed by atoms with Gasteiger partial charge < -0.3 is 9.88 Å². The van der Waals surface area contributed by atoms with E-state index in [1.54, 1.807) is 0 Å². The number of rotatable bonds is 4. The van der Waals surface area contributed by atoms with E-state index in [-0.39, 0.29) is 11.7 Å². The van der Waals surface area contributed by atoms with Crippen molar-refractivity contribution in [2.45, 2.75) is 25.3 Å². The van der Waals surface area contributed by atoms with Gasteiger partial charge in [-0.15, -0.1) is 0 Å². The van der Waals surface area contributed by atoms with Crippen molar-refractivity contribution >= 4 is 22.7 Å². The number of aryl methyl sites for hydroxylation is 1. The van der Waals surface area contributed by atoms with Crippen LogP contribution in [0.2, 0.25) is 0 Å². The van der Waals surface area contributed by atoms with Crippen LogP contribution in [0.1, 0.15) is 23.7 Å². The first-order valence-electron chi connectivity index (χ1n) is 8.53. The van der Waals surface area contributed by atoms with Crippen molar-refractivity contribution in [1.82, 2.24) is 14.9 Å². The molecule has 2 heterocycles. The van der Waals surface area contributed by atoms with E-state index in [0.29, 0.717) is 25.3 Å². The second kappa shape index (κ2) is 6.51. The lowest BCUT2D eigenvalue weighted by Crippen LogP contribution is -2.39. The molecule has 0 spiro atoms. The second-order valence-electron chi connectivity index (χ2n) is 6.29. The SMILES string of the molecule is O=C1CCn2c(nc3ccccc32)C1C(=O)NCCc1ccccc1. The highest BCUT2D eigenvalue weighted by molar-refractivity contribution is 6.07. The fraction of sp³-hybridized carbons (Fsp3) is 0.250. The van der Waals surface area contributed by atoms with Gasteiger partial charge in [0.1, 0.15) is 5.82 Å². The van der Waals surface area contributed by atoms with Crippen LogP contribution in [0.25, 0.3) is 11.0 Å². The standard InChI is InChI=1S/C20H19N3O2/c24-17-11-13-23-16-9-5-4-8-15(16)22-19(23)18(17)20(25)21-12-10-14-6-2-1-3-7-14/h1-9,18H,10-13H2,(H,21,25). The highest BCUT2D eigenvalue weighted by Gasteiger charge is 2.36. The number of benzene rings is 2. The maximum atomic E-state index is 12.7. The minimum atomic E-state index is -0.808. The Labute approximate surface area is 145 Å². The van der Waals surface area contributed by atoms with Crippen LogP contribution >= 0.6 is 0 Å². The number of fused-ring (bicyclic) bond motifs is 3. The number of aromatic nitrogens is 2. The lowest BCUT2D eigenvalue weighted by Gasteiger charge is -2.22. The molecule has 5 heteroatoms. The van der Waals surface area contributed by atoms with Crippen molar-refractivity contribution in [3.8, 4) is 0 Å². The molecular weight excluding hydrogens is 314 g/mol. The Bertz CT molecular complexity index is 931. The zero-order valence-electron chi connectivity index (χ0n) is 13.8. The molecule has 1 aromatic heterocycles. The summed E-state index contributed by atoms with van der Waals surface area (Å²) in [5, 5.41) is 2.90. The third-order valence-corrected chi connectivity index (χ3v) is 4.66. The maximum Gasteiger partial charge on any atom is 0.238 e. The lowest BCUT2D eigenvalue weighted by atomic mass is 9.96. The number of para-hydroxylation sites is 2. The van der Waals surface area contributed by atoms with Crippen LogP contribution in [0, 0.1) is 0 Å². The molecule has 1 aliphatic heterocycles. The molecule has 126 valence electrons. The van der Waals surface area contributed by atoms with Crippen molar-refractivity contribution in [1.29, 1.82) is 0 Å². The van der Waals surface area contributed by atoms with Crippen LogP contribution in [0.4, 0.5) is 0 Å². The summed E-state index contributed by atoms with van der Waals surface area (Å²) in [6.45, 7) is 1.09. The highest BCUT2D eigenvalue weighted by Crippen LogP contribution is 2.28. The summed E-state index contributed by atoms with van der Waals surface area (Å²) in [6, 6.07) is 17.7. The van der Waals surface area contributed by atoms with Gasteiger partial charge in [0, 0.05) is 19.5 Å². The Hall–Kier alpha value is -2.95. The van der Waals surface area contributed by atoms with E-state index in [1.807, 2.05) is 59.2 Å². The summed E-state index contributed by atoms with van der Waals surface area (Å²) in [4.78, 5) is 29.6. The van der Waals surface area contributed by atoms with Crippen molar-refractivity contribution < 1.29 is 9.59 Å². The van der Waals surface area contributed by atoms with Crippen LogP contribution in [0.5, 0.6) is 0 Å². The first kappa shape index (κ1) is 15.6. The third-order valence-electron chi connectivity index (χ3n) is 4.66. The molecule has 25 heavy (non-hydrogen) atoms. The van der Waals surface area contributed by atoms with Gasteiger partial charge in [0.25, 0.3) is 0 Å². The molecule has 2 aromatic carbocycles. The van der Waals surface area contributed by atoms with E-state index < -0.39 is 5.92 Å². The van der Waals surface area contributed by atoms with Crippen LogP contribution in [0.15, 0.2) is 54.6 Å². The number of imidazole rings is 1. The molecule has 0 radical (unpaired) electrons. The van der Waals surface area contributed by atoms with Crippen molar-refractivity contribution in [2.75, 3.05) is 6.54 Å². The molecule has 3 aromatic rings. The van der Waals surface area contributed by atoms with E-state index in [2.05, 4.69) is 10.3 Å². The molecule has 1 atom stereocenters. The van der Waals surface area contributed by atoms with Gasteiger partial charge in [-0.05, 0) is 24.1 Å². The zero-order chi connectivity index (χ0) is 17.2. The van der Waals surface area contributed by atoms with Crippen LogP contribution in [-0.4, -0.2) is 27.8 Å². The fourth-order valence-electron chi connectivity index (χ4n) is 3.40. The Morgan fingerprint density at radius 1 is 1.12 bits per heavy atom. The maximum absolute atomic E-state index is 12.7. The van der Waals surface area contributed by atoms with Gasteiger partial charge in [0.2, 0.25) is 5.91 Å². The monoisotopic (exact) mass is 333 g/mol. The number of amides is 1. The van der Waals surface area contributed by atoms with Crippen LogP contribution in [-0.2, 0) is 22.6 Å². The molecule has 0 aliphatic carbocycles. The van der Waals surface area contributed by atoms with E-state index in [1.165, 1.54) is 0 Å². The summed E-state index contributed by atoms with van der Waals surface area (Å²) in [5.74, 6) is -0.552. The normalized spacial score (nSPS) is 16.6. The van der Waals surface area contributed by atoms with E-state index in [0.717, 1.165) is 23.0 Å². The zero-order valence-corrected chi connectivity index (χ0v) is 13.8. The molecule has 1 N–H and O–H groups in total. The molecule has 0 bridgehead atoms. The smallest absolute Gasteiger partial charge is 0.238 e. The second-order valence-corrected chi connectivity index (χ2v) is 6.29. The molecule has 4 rings (SSSR count). The van der Waals surface area contributed by atoms with Crippen LogP contribution in [0.3, 0.4) is 0 Å². The van der Waals surface area contributed by atoms with Gasteiger partial charge >= 0.3 is 0 Å². The van der Waals surface area contributed by atoms with E-state index in [4.69, 9.17) is 0 Å². The Kier molecular flexibility index (Phi) is 4.06. The number of hydrogen-bond donors (Lipinski definition) is 1. The molecule has 0 saturated carbocycles. The Morgan fingerprint density at radius 2 is 1.88 bits per heavy atom. The topological polar surface area (TPSA) is 64.0 Å². The predicted molar refractivity (Wildman–Crippen MR) is 95.3 cm³/mol. The summed E-state index contributed by atoms with van der Waals surface area (Å²) in [6.07, 6.45) is 1.11. The lowest BCUT2D eigenvalue weighted by molar-refractivity contribution is -0.131. The molecule has 1 aliphatic rings. The molecule has 1 unspecified atom stereocenters. The number of nitrogens with zero attached hydrogens (tertiary/aromatic N) is 2. The summed E-state index contributed by atoms with van der Waals surface area (Å²) < 4.78 is 2.00. The van der Waals surface area contributed by atoms with Crippen molar-refractivity contribution in [3.05, 3.63) is 66.0 Å². The number of hydrogen-bond acceptors (Lipinski definition) is 3. The summed E-state index contributed by atoms with van der Waals surface area (Å²) in [7, 11) is 0. The number of nitrogens with one attached hydrogen (secondary N) is 1. The first-order chi connectivity index (χ1) is 12.2. The molecular formula is C20H19N3O2. The molecule has 5 nitrogen and oxygen atoms in total. The summed E-state index contributed by atoms with van der Waals surface area (Å²) in [5.41, 5.74) is 2.96. The highest BCUT2D eigenvalue weighted by atomic mass is 16.2. The number of carbonyl (C=O) groups excluding carboxylic acids is 2. The quantitative estimate of drug-likeness (QED) is 0.746. The van der Waals surface area contributed by atoms with Gasteiger partial charge in [-0.2, -0.15) is 0 Å². The average molecular weight is 333 g/mol. The minimum absolute atomic E-state index is 0.0555. The molecule has 0 saturated heterocycles. The number of ketones is 1. The first-order valence-corrected chi connectivity index (χ1v) is 8.53. The predicted octanol–water partition coefficient (Wildman–Crippen LogP) is 2.45. The van der Waals surface area contributed by atoms with Crippen molar-refractivity contribution in [2.24, 2.45) is 0 Å². The largest absolute Gasteiger partial charge is 0.355 e. The summed E-state index contributed by atoms with van der Waals surface area (Å²) >= 11 is 0.